The molecule has 2 spiro atoms. The topological polar surface area (TPSA) is 175 Å². The lowest BCUT2D eigenvalue weighted by molar-refractivity contribution is -0.136. The summed E-state index contributed by atoms with van der Waals surface area (Å²) in [7, 11) is 0. The predicted octanol–water partition coefficient (Wildman–Crippen LogP) is 11.9. The van der Waals surface area contributed by atoms with Crippen molar-refractivity contribution in [2.24, 2.45) is 22.7 Å². The number of rotatable bonds is 11. The smallest absolute Gasteiger partial charge is 0.408 e. The van der Waals surface area contributed by atoms with Gasteiger partial charge in [0.2, 0.25) is 11.8 Å². The zero-order chi connectivity index (χ0) is 52.5. The molecule has 6 aliphatic rings. The normalized spacial score (nSPS) is 21.7. The molecule has 2 aliphatic heterocycles. The molecule has 398 valence electrons. The lowest BCUT2D eigenvalue weighted by Gasteiger charge is -2.31. The molecule has 4 amide bonds. The summed E-state index contributed by atoms with van der Waals surface area (Å²) in [5, 5.41) is 5.77. The van der Waals surface area contributed by atoms with Crippen LogP contribution in [0.2, 0.25) is 0 Å². The lowest BCUT2D eigenvalue weighted by Crippen LogP contribution is -2.52. The SMILES string of the molecule is CC(C)C(NC(=O)OC(C)(C)C)C(=O)N1CCCC1c1ncc(-c2ccc(-c3ccc(-c4cnc(C5CCCN5C(=O)C(NC(=O)OC(C)(C)C)C(C)C)[nH]4)c4c3CC3(CCCC3)C4)c3c2CC2(CCCC2)C3)[nH]1. The van der Waals surface area contributed by atoms with Gasteiger partial charge in [-0.2, -0.15) is 0 Å². The molecule has 4 atom stereocenters. The Balaban J connectivity index is 0.953. The highest BCUT2D eigenvalue weighted by molar-refractivity contribution is 5.88. The summed E-state index contributed by atoms with van der Waals surface area (Å²) in [4.78, 5) is 75.6. The second kappa shape index (κ2) is 19.8. The van der Waals surface area contributed by atoms with E-state index in [0.717, 1.165) is 74.4 Å². The van der Waals surface area contributed by atoms with Crippen LogP contribution in [0.25, 0.3) is 33.6 Å². The number of carbonyl (C=O) groups is 4. The van der Waals surface area contributed by atoms with Gasteiger partial charge in [0.15, 0.2) is 0 Å². The number of benzene rings is 2. The molecule has 4 aliphatic carbocycles. The Morgan fingerprint density at radius 1 is 0.554 bits per heavy atom. The van der Waals surface area contributed by atoms with Crippen LogP contribution in [-0.2, 0) is 44.7 Å². The first-order valence-corrected chi connectivity index (χ1v) is 28.1. The summed E-state index contributed by atoms with van der Waals surface area (Å²) >= 11 is 0. The van der Waals surface area contributed by atoms with Gasteiger partial charge in [0.1, 0.15) is 34.9 Å². The van der Waals surface area contributed by atoms with Crippen molar-refractivity contribution in [3.63, 3.8) is 0 Å². The van der Waals surface area contributed by atoms with E-state index in [0.29, 0.717) is 13.1 Å². The minimum absolute atomic E-state index is 0.107. The van der Waals surface area contributed by atoms with Gasteiger partial charge in [-0.1, -0.05) is 77.6 Å². The van der Waals surface area contributed by atoms with Crippen molar-refractivity contribution in [1.29, 1.82) is 0 Å². The zero-order valence-electron chi connectivity index (χ0n) is 45.9. The third kappa shape index (κ3) is 10.2. The molecular formula is C60H82N8O6. The zero-order valence-corrected chi connectivity index (χ0v) is 45.9. The van der Waals surface area contributed by atoms with Crippen molar-refractivity contribution in [3.8, 4) is 33.6 Å². The summed E-state index contributed by atoms with van der Waals surface area (Å²) < 4.78 is 11.1. The minimum atomic E-state index is -0.713. The van der Waals surface area contributed by atoms with Crippen LogP contribution in [0, 0.1) is 22.7 Å². The molecule has 10 rings (SSSR count). The second-order valence-electron chi connectivity index (χ2n) is 25.8. The van der Waals surface area contributed by atoms with Gasteiger partial charge in [-0.25, -0.2) is 19.6 Å². The fourth-order valence-corrected chi connectivity index (χ4v) is 14.0. The van der Waals surface area contributed by atoms with Crippen LogP contribution >= 0.6 is 0 Å². The maximum Gasteiger partial charge on any atom is 0.408 e. The fourth-order valence-electron chi connectivity index (χ4n) is 14.0. The van der Waals surface area contributed by atoms with Crippen LogP contribution in [0.3, 0.4) is 0 Å². The Morgan fingerprint density at radius 3 is 1.23 bits per heavy atom. The Kier molecular flexibility index (Phi) is 13.9. The number of aromatic amines is 2. The molecule has 2 aromatic carbocycles. The van der Waals surface area contributed by atoms with Crippen molar-refractivity contribution in [2.45, 2.75) is 207 Å². The van der Waals surface area contributed by atoms with E-state index in [-0.39, 0.29) is 46.6 Å². The van der Waals surface area contributed by atoms with Crippen molar-refractivity contribution in [2.75, 3.05) is 13.1 Å². The molecule has 4 aromatic rings. The second-order valence-corrected chi connectivity index (χ2v) is 25.8. The molecule has 4 N–H and O–H groups in total. The Labute approximate surface area is 438 Å². The Hall–Kier alpha value is -5.66. The first-order valence-electron chi connectivity index (χ1n) is 28.1. The maximum absolute atomic E-state index is 14.2. The number of nitrogens with zero attached hydrogens (tertiary/aromatic N) is 4. The maximum atomic E-state index is 14.2. The third-order valence-corrected chi connectivity index (χ3v) is 17.4. The van der Waals surface area contributed by atoms with Crippen molar-refractivity contribution in [1.82, 2.24) is 40.4 Å². The number of imidazole rings is 2. The van der Waals surface area contributed by atoms with E-state index in [9.17, 15) is 19.2 Å². The molecule has 0 bridgehead atoms. The van der Waals surface area contributed by atoms with E-state index < -0.39 is 35.5 Å². The van der Waals surface area contributed by atoms with Crippen LogP contribution in [0.1, 0.15) is 192 Å². The van der Waals surface area contributed by atoms with Crippen LogP contribution in [0.15, 0.2) is 36.7 Å². The molecular weight excluding hydrogens is 929 g/mol. The predicted molar refractivity (Wildman–Crippen MR) is 287 cm³/mol. The van der Waals surface area contributed by atoms with E-state index in [1.54, 1.807) is 0 Å². The Morgan fingerprint density at radius 2 is 0.892 bits per heavy atom. The standard InChI is InChI=1S/C60H82N8O6/c1-35(2)49(65-55(71)73-57(5,6)7)53(69)67-27-15-17-47(67)51-61-33-45(63-51)39-21-19-37(41-29-59(31-43(39)41)23-11-12-24-59)38-20-22-40(44-32-60(30-42(38)44)25-13-14-26-60)46-34-62-52(64-46)48-18-16-28-68(48)54(70)50(36(3)4)66-56(72)74-58(8,9)10/h19-22,33-36,47-50H,11-18,23-32H2,1-10H3,(H,61,63)(H,62,64)(H,65,71)(H,66,72). The van der Waals surface area contributed by atoms with Gasteiger partial charge >= 0.3 is 12.2 Å². The van der Waals surface area contributed by atoms with Crippen molar-refractivity contribution in [3.05, 3.63) is 70.6 Å². The Bertz CT molecular complexity index is 2590. The number of likely N-dealkylation sites (tertiary alicyclic amines) is 2. The number of carbonyl (C=O) groups excluding carboxylic acids is 4. The van der Waals surface area contributed by atoms with Crippen LogP contribution < -0.4 is 10.6 Å². The number of hydrogen-bond donors (Lipinski definition) is 4. The first-order chi connectivity index (χ1) is 35.1. The van der Waals surface area contributed by atoms with E-state index in [2.05, 4.69) is 44.9 Å². The molecule has 4 unspecified atom stereocenters. The third-order valence-electron chi connectivity index (χ3n) is 17.4. The number of hydrogen-bond acceptors (Lipinski definition) is 8. The number of alkyl carbamates (subject to hydrolysis) is 2. The van der Waals surface area contributed by atoms with Gasteiger partial charge in [0, 0.05) is 24.2 Å². The number of ether oxygens (including phenoxy) is 2. The van der Waals surface area contributed by atoms with Crippen LogP contribution in [0.4, 0.5) is 9.59 Å². The average molecular weight is 1010 g/mol. The number of aromatic nitrogens is 4. The molecule has 2 saturated carbocycles. The number of nitrogens with one attached hydrogen (secondary N) is 4. The van der Waals surface area contributed by atoms with Crippen molar-refractivity contribution >= 4 is 24.0 Å². The monoisotopic (exact) mass is 1010 g/mol. The average Bonchev–Trinajstić information content (AvgIpc) is 4.18. The minimum Gasteiger partial charge on any atom is -0.444 e. The fraction of sp³-hybridized carbons (Fsp3) is 0.633. The summed E-state index contributed by atoms with van der Waals surface area (Å²) in [6.07, 6.45) is 20.4. The molecule has 14 heteroatoms. The van der Waals surface area contributed by atoms with E-state index in [1.165, 1.54) is 95.9 Å². The highest BCUT2D eigenvalue weighted by Gasteiger charge is 2.46. The van der Waals surface area contributed by atoms with Crippen molar-refractivity contribution < 1.29 is 28.7 Å². The highest BCUT2D eigenvalue weighted by atomic mass is 16.6. The molecule has 4 fully saturated rings. The molecule has 0 radical (unpaired) electrons. The molecule has 74 heavy (non-hydrogen) atoms. The molecule has 2 saturated heterocycles. The molecule has 2 aromatic heterocycles. The van der Waals surface area contributed by atoms with Gasteiger partial charge in [0.05, 0.1) is 35.9 Å². The number of fused-ring (bicyclic) bond motifs is 2. The highest BCUT2D eigenvalue weighted by Crippen LogP contribution is 2.57. The van der Waals surface area contributed by atoms with Gasteiger partial charge in [-0.3, -0.25) is 9.59 Å². The van der Waals surface area contributed by atoms with Gasteiger partial charge in [0.25, 0.3) is 0 Å². The number of amides is 4. The summed E-state index contributed by atoms with van der Waals surface area (Å²) in [5.41, 5.74) is 12.1. The van der Waals surface area contributed by atoms with E-state index in [1.807, 2.05) is 91.4 Å². The van der Waals surface area contributed by atoms with Gasteiger partial charge < -0.3 is 39.9 Å². The molecule has 4 heterocycles. The lowest BCUT2D eigenvalue weighted by atomic mass is 9.82. The van der Waals surface area contributed by atoms with Crippen LogP contribution in [0.5, 0.6) is 0 Å². The first kappa shape index (κ1) is 51.8. The van der Waals surface area contributed by atoms with E-state index in [4.69, 9.17) is 19.4 Å². The summed E-state index contributed by atoms with van der Waals surface area (Å²) in [6, 6.07) is 7.59. The molecule has 14 nitrogen and oxygen atoms in total. The van der Waals surface area contributed by atoms with E-state index >= 15 is 0 Å². The summed E-state index contributed by atoms with van der Waals surface area (Å²) in [5.74, 6) is 1.11. The largest absolute Gasteiger partial charge is 0.444 e. The van der Waals surface area contributed by atoms with Gasteiger partial charge in [-0.15, -0.1) is 0 Å². The number of H-pyrrole nitrogens is 2. The summed E-state index contributed by atoms with van der Waals surface area (Å²) in [6.45, 7) is 20.0. The van der Waals surface area contributed by atoms with Crippen LogP contribution in [-0.4, -0.2) is 90.1 Å². The van der Waals surface area contributed by atoms with Gasteiger partial charge in [-0.05, 0) is 175 Å². The quantitative estimate of drug-likeness (QED) is 0.115.